The molecule has 1 amide bonds. The Morgan fingerprint density at radius 2 is 1.16 bits per heavy atom. The second-order valence-corrected chi connectivity index (χ2v) is 8.94. The topological polar surface area (TPSA) is 40.9 Å². The van der Waals surface area contributed by atoms with Crippen LogP contribution in [0.2, 0.25) is 13.1 Å². The molecule has 0 bridgehead atoms. The van der Waals surface area contributed by atoms with E-state index in [1.807, 2.05) is 32.9 Å². The fourth-order valence-corrected chi connectivity index (χ4v) is 3.24. The summed E-state index contributed by atoms with van der Waals surface area (Å²) in [5.74, 6) is -0.606. The molecule has 4 aromatic carbocycles. The molecular weight excluding hydrogens is 620 g/mol. The van der Waals surface area contributed by atoms with Crippen LogP contribution in [0.25, 0.3) is 27.3 Å². The van der Waals surface area contributed by atoms with Crippen molar-refractivity contribution in [3.8, 4) is 0 Å². The van der Waals surface area contributed by atoms with E-state index in [0.29, 0.717) is 5.56 Å². The molecule has 0 atom stereocenters. The first-order chi connectivity index (χ1) is 13.8. The zero-order valence-corrected chi connectivity index (χ0v) is 25.3. The van der Waals surface area contributed by atoms with Gasteiger partial charge in [0, 0.05) is 15.1 Å². The van der Waals surface area contributed by atoms with Gasteiger partial charge in [0.25, 0.3) is 0 Å². The number of amides is 1. The van der Waals surface area contributed by atoms with Crippen molar-refractivity contribution in [2.45, 2.75) is 39.3 Å². The normalized spacial score (nSPS) is 9.66. The van der Waals surface area contributed by atoms with Crippen LogP contribution in [0, 0.1) is 0 Å². The van der Waals surface area contributed by atoms with Crippen LogP contribution in [0.4, 0.5) is 0 Å². The average Bonchev–Trinajstić information content (AvgIpc) is 3.07. The molecule has 0 spiro atoms. The van der Waals surface area contributed by atoms with Gasteiger partial charge in [-0.3, -0.25) is 0 Å². The standard InChI is InChI=1S/C13H9.C11H15NO.C2H6Si.2ClH.Hf/c1-3-7-12-10(5-1)9-11-6-2-4-8-13(11)12;1-11(2,3)9-7-5-4-6-8(9)10(12)13;1-3-2;;;/h1-9H;4-7H,1-3H3,(H2,12,13);1-2H3;2*1H;/q-1;;;;;+4/p-3. The van der Waals surface area contributed by atoms with Crippen molar-refractivity contribution in [2.75, 3.05) is 0 Å². The van der Waals surface area contributed by atoms with Crippen LogP contribution in [-0.4, -0.2) is 15.4 Å². The van der Waals surface area contributed by atoms with Crippen LogP contribution in [0.5, 0.6) is 0 Å². The molecule has 2 radical (unpaired) electrons. The Morgan fingerprint density at radius 1 is 0.781 bits per heavy atom. The molecule has 0 saturated carbocycles. The minimum Gasteiger partial charge on any atom is -1.00 e. The molecule has 6 heteroatoms. The minimum absolute atomic E-state index is 0. The van der Waals surface area contributed by atoms with E-state index in [1.165, 1.54) is 21.5 Å². The van der Waals surface area contributed by atoms with Gasteiger partial charge in [-0.25, -0.2) is 0 Å². The zero-order chi connectivity index (χ0) is 21.4. The number of nitrogens with one attached hydrogen (secondary N) is 1. The summed E-state index contributed by atoms with van der Waals surface area (Å²) in [6, 6.07) is 26.6. The monoisotopic (exact) mass is 649 g/mol. The van der Waals surface area contributed by atoms with Crippen molar-refractivity contribution in [3.05, 3.63) is 95.7 Å². The summed E-state index contributed by atoms with van der Waals surface area (Å²) in [5, 5.41) is 5.39. The van der Waals surface area contributed by atoms with Gasteiger partial charge in [-0.05, 0) is 11.0 Å². The smallest absolute Gasteiger partial charge is 1.00 e. The van der Waals surface area contributed by atoms with E-state index in [9.17, 15) is 4.79 Å². The fraction of sp³-hybridized carbons (Fsp3) is 0.231. The first-order valence-electron chi connectivity index (χ1n) is 9.76. The second-order valence-electron chi connectivity index (χ2n) is 7.94. The average molecular weight is 649 g/mol. The SMILES string of the molecule is CC(C)(C)c1ccccc1C([NH-])=O.C[Si]C.[Cl-].[Cl-].[Hf+4].c1ccc2c(c1)[cH-]c1ccccc12. The summed E-state index contributed by atoms with van der Waals surface area (Å²) in [6.07, 6.45) is 0. The van der Waals surface area contributed by atoms with E-state index < -0.39 is 5.91 Å². The van der Waals surface area contributed by atoms with E-state index in [4.69, 9.17) is 5.73 Å². The molecule has 0 fully saturated rings. The summed E-state index contributed by atoms with van der Waals surface area (Å²) in [6.45, 7) is 10.4. The largest absolute Gasteiger partial charge is 4.00 e. The molecule has 32 heavy (non-hydrogen) atoms. The van der Waals surface area contributed by atoms with E-state index in [1.54, 1.807) is 12.1 Å². The van der Waals surface area contributed by atoms with Crippen LogP contribution in [0.15, 0.2) is 78.9 Å². The molecule has 0 heterocycles. The molecular formula is C26H29Cl2HfNOSi. The molecule has 1 N–H and O–H groups in total. The van der Waals surface area contributed by atoms with E-state index >= 15 is 0 Å². The third kappa shape index (κ3) is 8.90. The predicted molar refractivity (Wildman–Crippen MR) is 128 cm³/mol. The zero-order valence-electron chi connectivity index (χ0n) is 19.2. The Kier molecular flexibility index (Phi) is 15.9. The van der Waals surface area contributed by atoms with Crippen molar-refractivity contribution in [1.82, 2.24) is 0 Å². The molecule has 0 saturated heterocycles. The molecule has 166 valence electrons. The van der Waals surface area contributed by atoms with Gasteiger partial charge in [-0.15, -0.1) is 39.7 Å². The van der Waals surface area contributed by atoms with Crippen molar-refractivity contribution in [1.29, 1.82) is 0 Å². The second kappa shape index (κ2) is 15.5. The molecule has 0 aliphatic heterocycles. The van der Waals surface area contributed by atoms with Crippen LogP contribution in [0.1, 0.15) is 36.7 Å². The molecule has 4 aromatic rings. The Bertz CT molecular complexity index is 1040. The Hall–Kier alpha value is -1.33. The van der Waals surface area contributed by atoms with Crippen LogP contribution < -0.4 is 24.8 Å². The number of hydrogen-bond donors (Lipinski definition) is 0. The number of halogens is 2. The maximum atomic E-state index is 11.0. The number of benzene rings is 3. The van der Waals surface area contributed by atoms with Crippen molar-refractivity contribution in [2.24, 2.45) is 0 Å². The molecule has 0 aliphatic rings. The van der Waals surface area contributed by atoms with Crippen LogP contribution in [0.3, 0.4) is 0 Å². The number of carbonyl (C=O) groups is 1. The van der Waals surface area contributed by atoms with Crippen LogP contribution >= 0.6 is 0 Å². The van der Waals surface area contributed by atoms with Gasteiger partial charge in [-0.1, -0.05) is 94.5 Å². The third-order valence-corrected chi connectivity index (χ3v) is 4.50. The van der Waals surface area contributed by atoms with Crippen molar-refractivity contribution < 1.29 is 55.5 Å². The predicted octanol–water partition coefficient (Wildman–Crippen LogP) is 1.68. The van der Waals surface area contributed by atoms with Gasteiger partial charge < -0.3 is 35.3 Å². The first kappa shape index (κ1) is 32.8. The minimum atomic E-state index is -0.606. The van der Waals surface area contributed by atoms with Gasteiger partial charge in [0.05, 0.1) is 5.91 Å². The maximum absolute atomic E-state index is 11.0. The molecule has 4 rings (SSSR count). The number of fused-ring (bicyclic) bond motifs is 3. The molecule has 0 unspecified atom stereocenters. The van der Waals surface area contributed by atoms with E-state index in [-0.39, 0.29) is 56.1 Å². The molecule has 0 aromatic heterocycles. The van der Waals surface area contributed by atoms with Crippen molar-refractivity contribution in [3.63, 3.8) is 0 Å². The summed E-state index contributed by atoms with van der Waals surface area (Å²) >= 11 is 0. The van der Waals surface area contributed by atoms with Gasteiger partial charge in [0.1, 0.15) is 0 Å². The summed E-state index contributed by atoms with van der Waals surface area (Å²) in [7, 11) is 1.08. The third-order valence-electron chi connectivity index (χ3n) is 4.50. The quantitative estimate of drug-likeness (QED) is 0.229. The number of hydrogen-bond acceptors (Lipinski definition) is 1. The summed E-state index contributed by atoms with van der Waals surface area (Å²) < 4.78 is 0. The van der Waals surface area contributed by atoms with Gasteiger partial charge in [0.15, 0.2) is 0 Å². The summed E-state index contributed by atoms with van der Waals surface area (Å²) in [5.41, 5.74) is 8.47. The number of carbonyl (C=O) groups excluding carboxylic acids is 1. The molecule has 2 nitrogen and oxygen atoms in total. The van der Waals surface area contributed by atoms with E-state index in [2.05, 4.69) is 67.7 Å². The van der Waals surface area contributed by atoms with Crippen molar-refractivity contribution >= 4 is 37.0 Å². The first-order valence-corrected chi connectivity index (χ1v) is 11.8. The van der Waals surface area contributed by atoms with Crippen LogP contribution in [-0.2, 0) is 31.3 Å². The summed E-state index contributed by atoms with van der Waals surface area (Å²) in [4.78, 5) is 11.0. The van der Waals surface area contributed by atoms with Gasteiger partial charge in [-0.2, -0.15) is 0 Å². The Labute approximate surface area is 226 Å². The number of rotatable bonds is 1. The maximum Gasteiger partial charge on any atom is 4.00 e. The fourth-order valence-electron chi connectivity index (χ4n) is 3.24. The van der Waals surface area contributed by atoms with Gasteiger partial charge in [0.2, 0.25) is 0 Å². The molecule has 0 aliphatic carbocycles. The van der Waals surface area contributed by atoms with E-state index in [0.717, 1.165) is 15.1 Å². The Balaban J connectivity index is 0. The van der Waals surface area contributed by atoms with Gasteiger partial charge >= 0.3 is 25.8 Å². The Morgan fingerprint density at radius 3 is 1.53 bits per heavy atom.